The van der Waals surface area contributed by atoms with Gasteiger partial charge < -0.3 is 20.9 Å². The number of carbonyl (C=O) groups is 1. The maximum atomic E-state index is 11.0. The van der Waals surface area contributed by atoms with E-state index in [2.05, 4.69) is 10.3 Å². The van der Waals surface area contributed by atoms with Crippen molar-refractivity contribution in [2.75, 3.05) is 17.7 Å². The molecule has 1 aromatic heterocycles. The molecule has 1 aliphatic carbocycles. The Morgan fingerprint density at radius 3 is 2.95 bits per heavy atom. The number of hydrogen-bond donors (Lipinski definition) is 3. The molecule has 0 bridgehead atoms. The number of nitrogens with two attached hydrogens (primary N) is 1. The summed E-state index contributed by atoms with van der Waals surface area (Å²) < 4.78 is 5.73. The van der Waals surface area contributed by atoms with Gasteiger partial charge in [0.2, 0.25) is 0 Å². The van der Waals surface area contributed by atoms with Crippen LogP contribution in [0.1, 0.15) is 29.6 Å². The summed E-state index contributed by atoms with van der Waals surface area (Å²) in [5, 5.41) is 12.3. The lowest BCUT2D eigenvalue weighted by molar-refractivity contribution is 0.0698. The number of ether oxygens (including phenoxy) is 1. The predicted octanol–water partition coefficient (Wildman–Crippen LogP) is 1.34. The molecule has 6 heteroatoms. The molecule has 2 atom stereocenters. The van der Waals surface area contributed by atoms with Crippen molar-refractivity contribution in [3.63, 3.8) is 0 Å². The van der Waals surface area contributed by atoms with Gasteiger partial charge in [0.25, 0.3) is 0 Å². The minimum atomic E-state index is -1.04. The summed E-state index contributed by atoms with van der Waals surface area (Å²) in [4.78, 5) is 15.2. The van der Waals surface area contributed by atoms with Crippen LogP contribution in [0.25, 0.3) is 0 Å². The monoisotopic (exact) mass is 263 g/mol. The highest BCUT2D eigenvalue weighted by molar-refractivity contribution is 5.96. The van der Waals surface area contributed by atoms with Gasteiger partial charge in [-0.2, -0.15) is 0 Å². The van der Waals surface area contributed by atoms with E-state index in [0.29, 0.717) is 11.7 Å². The van der Waals surface area contributed by atoms with Crippen molar-refractivity contribution >= 4 is 17.5 Å². The average molecular weight is 263 g/mol. The van der Waals surface area contributed by atoms with Crippen molar-refractivity contribution < 1.29 is 14.6 Å². The SMILES string of the molecule is Nc1c(C(=O)O)ccnc1NC1CCOC1C1CC1. The maximum absolute atomic E-state index is 11.0. The summed E-state index contributed by atoms with van der Waals surface area (Å²) >= 11 is 0. The van der Waals surface area contributed by atoms with E-state index in [0.717, 1.165) is 13.0 Å². The molecule has 1 aliphatic heterocycles. The van der Waals surface area contributed by atoms with Gasteiger partial charge in [0.1, 0.15) is 5.82 Å². The van der Waals surface area contributed by atoms with Crippen LogP contribution in [0.15, 0.2) is 12.3 Å². The zero-order valence-electron chi connectivity index (χ0n) is 10.5. The van der Waals surface area contributed by atoms with Crippen LogP contribution in [0.4, 0.5) is 11.5 Å². The largest absolute Gasteiger partial charge is 0.478 e. The second-order valence-electron chi connectivity index (χ2n) is 5.14. The Labute approximate surface area is 111 Å². The van der Waals surface area contributed by atoms with Crippen molar-refractivity contribution in [3.8, 4) is 0 Å². The van der Waals surface area contributed by atoms with E-state index < -0.39 is 5.97 Å². The van der Waals surface area contributed by atoms with Crippen LogP contribution in [0.3, 0.4) is 0 Å². The number of rotatable bonds is 4. The van der Waals surface area contributed by atoms with Gasteiger partial charge >= 0.3 is 5.97 Å². The number of aromatic nitrogens is 1. The molecule has 2 aliphatic rings. The van der Waals surface area contributed by atoms with E-state index in [1.165, 1.54) is 25.1 Å². The quantitative estimate of drug-likeness (QED) is 0.758. The number of carboxylic acids is 1. The first-order valence-electron chi connectivity index (χ1n) is 6.52. The molecule has 6 nitrogen and oxygen atoms in total. The van der Waals surface area contributed by atoms with Gasteiger partial charge in [0.05, 0.1) is 23.4 Å². The van der Waals surface area contributed by atoms with Crippen LogP contribution in [-0.4, -0.2) is 34.8 Å². The number of anilines is 2. The molecule has 1 saturated carbocycles. The molecule has 0 radical (unpaired) electrons. The standard InChI is InChI=1S/C13H17N3O3/c14-10-8(13(17)18)3-5-15-12(10)16-9-4-6-19-11(9)7-1-2-7/h3,5,7,9,11H,1-2,4,6,14H2,(H,15,16)(H,17,18). The van der Waals surface area contributed by atoms with E-state index in [1.807, 2.05) is 0 Å². The van der Waals surface area contributed by atoms with Gasteiger partial charge in [-0.3, -0.25) is 0 Å². The van der Waals surface area contributed by atoms with Crippen LogP contribution < -0.4 is 11.1 Å². The Morgan fingerprint density at radius 1 is 1.47 bits per heavy atom. The Bertz CT molecular complexity index is 502. The van der Waals surface area contributed by atoms with Crippen molar-refractivity contribution in [1.29, 1.82) is 0 Å². The molecule has 1 aromatic rings. The Morgan fingerprint density at radius 2 is 2.26 bits per heavy atom. The number of hydrogen-bond acceptors (Lipinski definition) is 5. The molecule has 1 saturated heterocycles. The molecule has 2 heterocycles. The molecule has 102 valence electrons. The van der Waals surface area contributed by atoms with Crippen molar-refractivity contribution in [3.05, 3.63) is 17.8 Å². The van der Waals surface area contributed by atoms with Crippen molar-refractivity contribution in [2.45, 2.75) is 31.4 Å². The second-order valence-corrected chi connectivity index (χ2v) is 5.14. The van der Waals surface area contributed by atoms with Crippen LogP contribution >= 0.6 is 0 Å². The lowest BCUT2D eigenvalue weighted by Crippen LogP contribution is -2.31. The van der Waals surface area contributed by atoms with E-state index in [-0.39, 0.29) is 23.4 Å². The summed E-state index contributed by atoms with van der Waals surface area (Å²) in [6.45, 7) is 0.733. The van der Waals surface area contributed by atoms with E-state index in [4.69, 9.17) is 15.6 Å². The lowest BCUT2D eigenvalue weighted by atomic mass is 10.1. The fraction of sp³-hybridized carbons (Fsp3) is 0.538. The third kappa shape index (κ3) is 2.35. The molecule has 2 fully saturated rings. The highest BCUT2D eigenvalue weighted by Crippen LogP contribution is 2.39. The summed E-state index contributed by atoms with van der Waals surface area (Å²) in [5.41, 5.74) is 6.13. The number of nitrogens with one attached hydrogen (secondary N) is 1. The minimum Gasteiger partial charge on any atom is -0.478 e. The Balaban J connectivity index is 1.79. The van der Waals surface area contributed by atoms with Crippen molar-refractivity contribution in [2.24, 2.45) is 5.92 Å². The van der Waals surface area contributed by atoms with Gasteiger partial charge in [0, 0.05) is 12.8 Å². The summed E-state index contributed by atoms with van der Waals surface area (Å²) in [5.74, 6) is 0.0364. The molecular formula is C13H17N3O3. The smallest absolute Gasteiger partial charge is 0.337 e. The lowest BCUT2D eigenvalue weighted by Gasteiger charge is -2.21. The van der Waals surface area contributed by atoms with Crippen LogP contribution in [0, 0.1) is 5.92 Å². The highest BCUT2D eigenvalue weighted by Gasteiger charge is 2.40. The topological polar surface area (TPSA) is 97.5 Å². The number of nitrogens with zero attached hydrogens (tertiary/aromatic N) is 1. The first kappa shape index (κ1) is 12.2. The number of pyridine rings is 1. The van der Waals surface area contributed by atoms with Crippen molar-refractivity contribution in [1.82, 2.24) is 4.98 Å². The minimum absolute atomic E-state index is 0.0828. The zero-order chi connectivity index (χ0) is 13.4. The van der Waals surface area contributed by atoms with E-state index in [1.54, 1.807) is 0 Å². The first-order valence-corrected chi connectivity index (χ1v) is 6.52. The molecule has 0 aromatic carbocycles. The van der Waals surface area contributed by atoms with Gasteiger partial charge in [-0.25, -0.2) is 9.78 Å². The molecule has 0 spiro atoms. The molecule has 19 heavy (non-hydrogen) atoms. The summed E-state index contributed by atoms with van der Waals surface area (Å²) in [6, 6.07) is 1.58. The molecule has 4 N–H and O–H groups in total. The average Bonchev–Trinajstić information content (AvgIpc) is 3.12. The fourth-order valence-electron chi connectivity index (χ4n) is 2.61. The van der Waals surface area contributed by atoms with E-state index in [9.17, 15) is 4.79 Å². The first-order chi connectivity index (χ1) is 9.16. The van der Waals surface area contributed by atoms with Crippen LogP contribution in [0.2, 0.25) is 0 Å². The van der Waals surface area contributed by atoms with Gasteiger partial charge in [-0.05, 0) is 31.2 Å². The third-order valence-electron chi connectivity index (χ3n) is 3.77. The molecule has 3 rings (SSSR count). The Hall–Kier alpha value is -1.82. The van der Waals surface area contributed by atoms with Gasteiger partial charge in [-0.15, -0.1) is 0 Å². The van der Waals surface area contributed by atoms with Gasteiger partial charge in [-0.1, -0.05) is 0 Å². The summed E-state index contributed by atoms with van der Waals surface area (Å²) in [6.07, 6.45) is 4.99. The summed E-state index contributed by atoms with van der Waals surface area (Å²) in [7, 11) is 0. The van der Waals surface area contributed by atoms with Gasteiger partial charge in [0.15, 0.2) is 0 Å². The number of aromatic carboxylic acids is 1. The zero-order valence-corrected chi connectivity index (χ0v) is 10.5. The highest BCUT2D eigenvalue weighted by atomic mass is 16.5. The number of nitrogen functional groups attached to an aromatic ring is 1. The molecule has 0 amide bonds. The fourth-order valence-corrected chi connectivity index (χ4v) is 2.61. The molecule has 2 unspecified atom stereocenters. The number of carboxylic acid groups (broad SMARTS) is 1. The Kier molecular flexibility index (Phi) is 3.02. The molecular weight excluding hydrogens is 246 g/mol. The van der Waals surface area contributed by atoms with E-state index >= 15 is 0 Å². The maximum Gasteiger partial charge on any atom is 0.337 e. The van der Waals surface area contributed by atoms with Crippen LogP contribution in [0.5, 0.6) is 0 Å². The third-order valence-corrected chi connectivity index (χ3v) is 3.77. The predicted molar refractivity (Wildman–Crippen MR) is 70.1 cm³/mol. The second kappa shape index (κ2) is 4.70. The van der Waals surface area contributed by atoms with Crippen LogP contribution in [-0.2, 0) is 4.74 Å². The normalized spacial score (nSPS) is 26.3.